The van der Waals surface area contributed by atoms with Gasteiger partial charge in [-0.25, -0.2) is 0 Å². The molecular weight excluding hydrogens is 234 g/mol. The number of nitrogens with zero attached hydrogens (tertiary/aromatic N) is 1. The zero-order valence-electron chi connectivity index (χ0n) is 13.0. The highest BCUT2D eigenvalue weighted by Crippen LogP contribution is 2.28. The minimum atomic E-state index is 0.554. The molecule has 0 aliphatic heterocycles. The van der Waals surface area contributed by atoms with Gasteiger partial charge in [0.1, 0.15) is 5.75 Å². The molecule has 0 aliphatic carbocycles. The first-order valence-corrected chi connectivity index (χ1v) is 7.56. The van der Waals surface area contributed by atoms with Crippen LogP contribution in [0.1, 0.15) is 52.4 Å². The maximum atomic E-state index is 5.43. The van der Waals surface area contributed by atoms with Crippen molar-refractivity contribution >= 4 is 5.69 Å². The van der Waals surface area contributed by atoms with E-state index in [1.165, 1.54) is 44.2 Å². The van der Waals surface area contributed by atoms with Crippen LogP contribution in [0, 0.1) is 0 Å². The van der Waals surface area contributed by atoms with Crippen LogP contribution >= 0.6 is 0 Å². The van der Waals surface area contributed by atoms with Gasteiger partial charge in [-0.3, -0.25) is 0 Å². The monoisotopic (exact) mass is 263 g/mol. The van der Waals surface area contributed by atoms with Crippen LogP contribution in [0.15, 0.2) is 24.3 Å². The molecular formula is C17H29NO. The van der Waals surface area contributed by atoms with Gasteiger partial charge in [-0.1, -0.05) is 51.2 Å². The number of hydrogen-bond acceptors (Lipinski definition) is 2. The molecule has 1 aromatic rings. The second-order valence-corrected chi connectivity index (χ2v) is 5.33. The maximum Gasteiger partial charge on any atom is 0.142 e. The Morgan fingerprint density at radius 3 is 2.47 bits per heavy atom. The molecule has 2 heteroatoms. The zero-order valence-corrected chi connectivity index (χ0v) is 13.0. The van der Waals surface area contributed by atoms with E-state index >= 15 is 0 Å². The van der Waals surface area contributed by atoms with Crippen molar-refractivity contribution < 1.29 is 4.74 Å². The van der Waals surface area contributed by atoms with E-state index in [9.17, 15) is 0 Å². The van der Waals surface area contributed by atoms with Crippen LogP contribution in [0.3, 0.4) is 0 Å². The third-order valence-corrected chi connectivity index (χ3v) is 3.85. The van der Waals surface area contributed by atoms with Gasteiger partial charge in [0, 0.05) is 13.1 Å². The summed E-state index contributed by atoms with van der Waals surface area (Å²) in [6.07, 6.45) is 7.99. The molecule has 0 amide bonds. The Balaban J connectivity index is 2.45. The van der Waals surface area contributed by atoms with E-state index in [0.29, 0.717) is 6.04 Å². The molecule has 0 spiro atoms. The molecule has 0 fully saturated rings. The molecule has 1 rings (SSSR count). The summed E-state index contributed by atoms with van der Waals surface area (Å²) in [6.45, 7) is 4.56. The molecule has 1 aromatic carbocycles. The Labute approximate surface area is 118 Å². The topological polar surface area (TPSA) is 12.5 Å². The molecule has 1 unspecified atom stereocenters. The average Bonchev–Trinajstić information content (AvgIpc) is 2.46. The van der Waals surface area contributed by atoms with E-state index in [4.69, 9.17) is 4.74 Å². The van der Waals surface area contributed by atoms with Crippen LogP contribution in [0.4, 0.5) is 5.69 Å². The van der Waals surface area contributed by atoms with Crippen LogP contribution in [0.2, 0.25) is 0 Å². The number of anilines is 1. The maximum absolute atomic E-state index is 5.43. The predicted octanol–water partition coefficient (Wildman–Crippen LogP) is 4.88. The smallest absolute Gasteiger partial charge is 0.142 e. The lowest BCUT2D eigenvalue weighted by atomic mass is 10.1. The van der Waals surface area contributed by atoms with Crippen molar-refractivity contribution in [1.82, 2.24) is 0 Å². The summed E-state index contributed by atoms with van der Waals surface area (Å²) in [5.41, 5.74) is 1.19. The molecule has 1 atom stereocenters. The lowest BCUT2D eigenvalue weighted by Gasteiger charge is -2.28. The number of benzene rings is 1. The number of ether oxygens (including phenoxy) is 1. The summed E-state index contributed by atoms with van der Waals surface area (Å²) in [5, 5.41) is 0. The first-order chi connectivity index (χ1) is 9.20. The number of hydrogen-bond donors (Lipinski definition) is 0. The van der Waals surface area contributed by atoms with Gasteiger partial charge >= 0.3 is 0 Å². The van der Waals surface area contributed by atoms with Crippen LogP contribution in [-0.2, 0) is 0 Å². The summed E-state index contributed by atoms with van der Waals surface area (Å²) in [6, 6.07) is 8.80. The van der Waals surface area contributed by atoms with E-state index in [1.54, 1.807) is 7.11 Å². The van der Waals surface area contributed by atoms with Crippen molar-refractivity contribution in [2.45, 2.75) is 58.4 Å². The lowest BCUT2D eigenvalue weighted by Crippen LogP contribution is -2.29. The van der Waals surface area contributed by atoms with Gasteiger partial charge in [-0.05, 0) is 25.5 Å². The third-order valence-electron chi connectivity index (χ3n) is 3.85. The number of para-hydroxylation sites is 2. The fourth-order valence-corrected chi connectivity index (χ4v) is 2.40. The van der Waals surface area contributed by atoms with Crippen molar-refractivity contribution in [3.05, 3.63) is 24.3 Å². The number of methoxy groups -OCH3 is 1. The molecule has 0 heterocycles. The lowest BCUT2D eigenvalue weighted by molar-refractivity contribution is 0.413. The van der Waals surface area contributed by atoms with Crippen molar-refractivity contribution in [1.29, 1.82) is 0 Å². The van der Waals surface area contributed by atoms with E-state index in [1.807, 2.05) is 12.1 Å². The van der Waals surface area contributed by atoms with Crippen molar-refractivity contribution in [3.63, 3.8) is 0 Å². The van der Waals surface area contributed by atoms with Gasteiger partial charge in [-0.15, -0.1) is 0 Å². The Morgan fingerprint density at radius 2 is 1.79 bits per heavy atom. The number of unbranched alkanes of at least 4 members (excludes halogenated alkanes) is 4. The van der Waals surface area contributed by atoms with Crippen LogP contribution in [0.25, 0.3) is 0 Å². The van der Waals surface area contributed by atoms with Gasteiger partial charge in [0.05, 0.1) is 12.8 Å². The first kappa shape index (κ1) is 15.9. The van der Waals surface area contributed by atoms with E-state index in [-0.39, 0.29) is 0 Å². The average molecular weight is 263 g/mol. The quantitative estimate of drug-likeness (QED) is 0.589. The molecule has 0 aliphatic rings. The standard InChI is InChI=1S/C17H29NO/c1-5-6-7-8-9-12-15(2)18(3)16-13-10-11-14-17(16)19-4/h10-11,13-15H,5-9,12H2,1-4H3. The number of rotatable bonds is 9. The van der Waals surface area contributed by atoms with E-state index < -0.39 is 0 Å². The summed E-state index contributed by atoms with van der Waals surface area (Å²) < 4.78 is 5.43. The molecule has 0 saturated heterocycles. The van der Waals surface area contributed by atoms with Gasteiger partial charge in [0.2, 0.25) is 0 Å². The van der Waals surface area contributed by atoms with Gasteiger partial charge in [0.25, 0.3) is 0 Å². The SMILES string of the molecule is CCCCCCCC(C)N(C)c1ccccc1OC. The van der Waals surface area contributed by atoms with E-state index in [2.05, 4.69) is 37.9 Å². The first-order valence-electron chi connectivity index (χ1n) is 7.56. The zero-order chi connectivity index (χ0) is 14.1. The van der Waals surface area contributed by atoms with Crippen molar-refractivity contribution in [2.75, 3.05) is 19.1 Å². The largest absolute Gasteiger partial charge is 0.495 e. The van der Waals surface area contributed by atoms with Gasteiger partial charge < -0.3 is 9.64 Å². The van der Waals surface area contributed by atoms with Gasteiger partial charge in [-0.2, -0.15) is 0 Å². The van der Waals surface area contributed by atoms with Crippen LogP contribution in [0.5, 0.6) is 5.75 Å². The highest BCUT2D eigenvalue weighted by atomic mass is 16.5. The highest BCUT2D eigenvalue weighted by molar-refractivity contribution is 5.58. The highest BCUT2D eigenvalue weighted by Gasteiger charge is 2.13. The summed E-state index contributed by atoms with van der Waals surface area (Å²) in [5.74, 6) is 0.961. The fraction of sp³-hybridized carbons (Fsp3) is 0.647. The molecule has 0 bridgehead atoms. The normalized spacial score (nSPS) is 12.2. The van der Waals surface area contributed by atoms with Crippen molar-refractivity contribution in [3.8, 4) is 5.75 Å². The molecule has 108 valence electrons. The molecule has 2 nitrogen and oxygen atoms in total. The minimum Gasteiger partial charge on any atom is -0.495 e. The second-order valence-electron chi connectivity index (χ2n) is 5.33. The predicted molar refractivity (Wildman–Crippen MR) is 84.2 cm³/mol. The minimum absolute atomic E-state index is 0.554. The molecule has 0 aromatic heterocycles. The van der Waals surface area contributed by atoms with Gasteiger partial charge in [0.15, 0.2) is 0 Å². The fourth-order valence-electron chi connectivity index (χ4n) is 2.40. The summed E-state index contributed by atoms with van der Waals surface area (Å²) in [4.78, 5) is 2.33. The Kier molecular flexibility index (Phi) is 7.39. The summed E-state index contributed by atoms with van der Waals surface area (Å²) in [7, 11) is 3.90. The third kappa shape index (κ3) is 5.14. The molecule has 0 radical (unpaired) electrons. The summed E-state index contributed by atoms with van der Waals surface area (Å²) >= 11 is 0. The Hall–Kier alpha value is -1.18. The second kappa shape index (κ2) is 8.84. The van der Waals surface area contributed by atoms with E-state index in [0.717, 1.165) is 5.75 Å². The molecule has 0 N–H and O–H groups in total. The Morgan fingerprint density at radius 1 is 1.11 bits per heavy atom. The Bertz CT molecular complexity index is 351. The molecule has 19 heavy (non-hydrogen) atoms. The van der Waals surface area contributed by atoms with Crippen LogP contribution < -0.4 is 9.64 Å². The molecule has 0 saturated carbocycles. The van der Waals surface area contributed by atoms with Crippen molar-refractivity contribution in [2.24, 2.45) is 0 Å². The van der Waals surface area contributed by atoms with Crippen LogP contribution in [-0.4, -0.2) is 20.2 Å².